The summed E-state index contributed by atoms with van der Waals surface area (Å²) < 4.78 is 5.04. The van der Waals surface area contributed by atoms with E-state index in [9.17, 15) is 4.79 Å². The van der Waals surface area contributed by atoms with Gasteiger partial charge in [-0.3, -0.25) is 4.79 Å². The number of para-hydroxylation sites is 1. The van der Waals surface area contributed by atoms with Gasteiger partial charge in [0, 0.05) is 43.1 Å². The van der Waals surface area contributed by atoms with Crippen LogP contribution in [0.1, 0.15) is 49.8 Å². The van der Waals surface area contributed by atoms with Crippen LogP contribution in [0.5, 0.6) is 0 Å². The van der Waals surface area contributed by atoms with Crippen molar-refractivity contribution in [2.45, 2.75) is 38.5 Å². The van der Waals surface area contributed by atoms with Crippen LogP contribution in [0.15, 0.2) is 54.7 Å². The molecule has 1 heterocycles. The Balaban J connectivity index is 1.94. The van der Waals surface area contributed by atoms with Gasteiger partial charge < -0.3 is 15.0 Å². The molecule has 1 amide bonds. The van der Waals surface area contributed by atoms with E-state index in [1.807, 2.05) is 18.3 Å². The first-order valence-electron chi connectivity index (χ1n) is 9.82. The van der Waals surface area contributed by atoms with Gasteiger partial charge in [-0.05, 0) is 28.2 Å². The normalized spacial score (nSPS) is 12.9. The van der Waals surface area contributed by atoms with Gasteiger partial charge in [0.25, 0.3) is 0 Å². The van der Waals surface area contributed by atoms with Crippen LogP contribution in [0.4, 0.5) is 0 Å². The van der Waals surface area contributed by atoms with Gasteiger partial charge in [-0.1, -0.05) is 63.2 Å². The maximum absolute atomic E-state index is 12.6. The summed E-state index contributed by atoms with van der Waals surface area (Å²) in [7, 11) is 1.64. The average Bonchev–Trinajstić information content (AvgIpc) is 3.10. The van der Waals surface area contributed by atoms with Crippen LogP contribution in [0, 0.1) is 0 Å². The molecule has 1 aromatic heterocycles. The number of methoxy groups -OCH3 is 1. The number of benzene rings is 2. The van der Waals surface area contributed by atoms with Gasteiger partial charge in [0.2, 0.25) is 5.91 Å². The molecule has 0 saturated heterocycles. The monoisotopic (exact) mass is 378 g/mol. The predicted octanol–water partition coefficient (Wildman–Crippen LogP) is 4.75. The smallest absolute Gasteiger partial charge is 0.221 e. The molecular weight excluding hydrogens is 348 g/mol. The van der Waals surface area contributed by atoms with Crippen LogP contribution in [0.3, 0.4) is 0 Å². The third kappa shape index (κ3) is 4.63. The van der Waals surface area contributed by atoms with Crippen LogP contribution in [-0.4, -0.2) is 31.2 Å². The minimum atomic E-state index is -0.00675. The highest BCUT2D eigenvalue weighted by Gasteiger charge is 2.22. The molecule has 28 heavy (non-hydrogen) atoms. The van der Waals surface area contributed by atoms with Crippen molar-refractivity contribution >= 4 is 16.8 Å². The molecule has 0 aliphatic rings. The highest BCUT2D eigenvalue weighted by molar-refractivity contribution is 5.86. The summed E-state index contributed by atoms with van der Waals surface area (Å²) >= 11 is 0. The number of rotatable bonds is 7. The van der Waals surface area contributed by atoms with Crippen LogP contribution >= 0.6 is 0 Å². The van der Waals surface area contributed by atoms with Crippen molar-refractivity contribution in [3.63, 3.8) is 0 Å². The lowest BCUT2D eigenvalue weighted by atomic mass is 9.83. The molecule has 0 saturated carbocycles. The standard InChI is InChI=1S/C24H30N2O2/c1-24(2,3)18-11-9-17(10-12-18)20(15-23(27)25-13-14-28-4)21-16-26-22-8-6-5-7-19(21)22/h5-12,16,20,26H,13-15H2,1-4H3,(H,25,27)/t20-/m0/s1. The molecule has 0 spiro atoms. The van der Waals surface area contributed by atoms with Crippen LogP contribution in [0.25, 0.3) is 10.9 Å². The SMILES string of the molecule is COCCNC(=O)C[C@@H](c1ccc(C(C)(C)C)cc1)c1c[nH]c2ccccc12. The highest BCUT2D eigenvalue weighted by atomic mass is 16.5. The lowest BCUT2D eigenvalue weighted by molar-refractivity contribution is -0.121. The molecule has 3 aromatic rings. The number of carbonyl (C=O) groups is 1. The molecule has 4 nitrogen and oxygen atoms in total. The summed E-state index contributed by atoms with van der Waals surface area (Å²) in [6, 6.07) is 16.9. The van der Waals surface area contributed by atoms with Gasteiger partial charge in [-0.2, -0.15) is 0 Å². The van der Waals surface area contributed by atoms with Crippen LogP contribution < -0.4 is 5.32 Å². The number of hydrogen-bond donors (Lipinski definition) is 2. The molecule has 2 N–H and O–H groups in total. The molecule has 0 fully saturated rings. The summed E-state index contributed by atoms with van der Waals surface area (Å²) in [4.78, 5) is 15.9. The number of H-pyrrole nitrogens is 1. The van der Waals surface area contributed by atoms with E-state index in [-0.39, 0.29) is 17.2 Å². The van der Waals surface area contributed by atoms with E-state index in [1.54, 1.807) is 7.11 Å². The fourth-order valence-corrected chi connectivity index (χ4v) is 3.56. The quantitative estimate of drug-likeness (QED) is 0.583. The Hall–Kier alpha value is -2.59. The number of aromatic nitrogens is 1. The molecule has 148 valence electrons. The molecule has 0 bridgehead atoms. The molecule has 0 unspecified atom stereocenters. The van der Waals surface area contributed by atoms with E-state index in [2.05, 4.69) is 67.5 Å². The van der Waals surface area contributed by atoms with Crippen molar-refractivity contribution in [2.24, 2.45) is 0 Å². The van der Waals surface area contributed by atoms with E-state index in [1.165, 1.54) is 5.56 Å². The van der Waals surface area contributed by atoms with E-state index >= 15 is 0 Å². The Bertz CT molecular complexity index is 920. The molecule has 0 radical (unpaired) electrons. The van der Waals surface area contributed by atoms with Gasteiger partial charge in [0.1, 0.15) is 0 Å². The van der Waals surface area contributed by atoms with E-state index in [0.717, 1.165) is 22.0 Å². The Kier molecular flexibility index (Phi) is 6.20. The fourth-order valence-electron chi connectivity index (χ4n) is 3.56. The number of hydrogen-bond acceptors (Lipinski definition) is 2. The lowest BCUT2D eigenvalue weighted by Crippen LogP contribution is -2.28. The molecule has 1 atom stereocenters. The zero-order valence-corrected chi connectivity index (χ0v) is 17.2. The summed E-state index contributed by atoms with van der Waals surface area (Å²) in [5.74, 6) is 0.0277. The second-order valence-electron chi connectivity index (χ2n) is 8.26. The van der Waals surface area contributed by atoms with Gasteiger partial charge >= 0.3 is 0 Å². The first kappa shape index (κ1) is 20.2. The topological polar surface area (TPSA) is 54.1 Å². The minimum absolute atomic E-state index is 0.00675. The number of nitrogens with one attached hydrogen (secondary N) is 2. The number of carbonyl (C=O) groups excluding carboxylic acids is 1. The van der Waals surface area contributed by atoms with E-state index in [0.29, 0.717) is 19.6 Å². The molecular formula is C24H30N2O2. The maximum Gasteiger partial charge on any atom is 0.221 e. The second kappa shape index (κ2) is 8.61. The molecule has 3 rings (SSSR count). The lowest BCUT2D eigenvalue weighted by Gasteiger charge is -2.22. The third-order valence-electron chi connectivity index (χ3n) is 5.19. The molecule has 0 aliphatic carbocycles. The summed E-state index contributed by atoms with van der Waals surface area (Å²) in [6.07, 6.45) is 2.44. The van der Waals surface area contributed by atoms with Crippen LogP contribution in [0.2, 0.25) is 0 Å². The summed E-state index contributed by atoms with van der Waals surface area (Å²) in [5, 5.41) is 4.12. The van der Waals surface area contributed by atoms with Gasteiger partial charge in [0.05, 0.1) is 6.61 Å². The predicted molar refractivity (Wildman–Crippen MR) is 115 cm³/mol. The van der Waals surface area contributed by atoms with Crippen molar-refractivity contribution < 1.29 is 9.53 Å². The Labute approximate surface area is 167 Å². The van der Waals surface area contributed by atoms with Crippen molar-refractivity contribution in [2.75, 3.05) is 20.3 Å². The highest BCUT2D eigenvalue weighted by Crippen LogP contribution is 2.34. The molecule has 2 aromatic carbocycles. The van der Waals surface area contributed by atoms with Crippen LogP contribution in [-0.2, 0) is 14.9 Å². The zero-order valence-electron chi connectivity index (χ0n) is 17.2. The van der Waals surface area contributed by atoms with Crippen molar-refractivity contribution in [1.29, 1.82) is 0 Å². The average molecular weight is 379 g/mol. The summed E-state index contributed by atoms with van der Waals surface area (Å²) in [6.45, 7) is 7.68. The Morgan fingerprint density at radius 1 is 1.11 bits per heavy atom. The number of amides is 1. The van der Waals surface area contributed by atoms with E-state index < -0.39 is 0 Å². The van der Waals surface area contributed by atoms with Gasteiger partial charge in [-0.25, -0.2) is 0 Å². The minimum Gasteiger partial charge on any atom is -0.383 e. The fraction of sp³-hybridized carbons (Fsp3) is 0.375. The van der Waals surface area contributed by atoms with E-state index in [4.69, 9.17) is 4.74 Å². The Morgan fingerprint density at radius 3 is 2.50 bits per heavy atom. The first-order chi connectivity index (χ1) is 13.4. The summed E-state index contributed by atoms with van der Waals surface area (Å²) in [5.41, 5.74) is 4.79. The number of fused-ring (bicyclic) bond motifs is 1. The van der Waals surface area contributed by atoms with Crippen molar-refractivity contribution in [3.05, 3.63) is 71.4 Å². The van der Waals surface area contributed by atoms with Crippen molar-refractivity contribution in [1.82, 2.24) is 10.3 Å². The zero-order chi connectivity index (χ0) is 20.1. The molecule has 4 heteroatoms. The van der Waals surface area contributed by atoms with Gasteiger partial charge in [-0.15, -0.1) is 0 Å². The third-order valence-corrected chi connectivity index (χ3v) is 5.19. The largest absolute Gasteiger partial charge is 0.383 e. The first-order valence-corrected chi connectivity index (χ1v) is 9.82. The maximum atomic E-state index is 12.6. The number of aromatic amines is 1. The second-order valence-corrected chi connectivity index (χ2v) is 8.26. The number of ether oxygens (including phenoxy) is 1. The Morgan fingerprint density at radius 2 is 1.82 bits per heavy atom. The molecule has 0 aliphatic heterocycles. The van der Waals surface area contributed by atoms with Gasteiger partial charge in [0.15, 0.2) is 0 Å². The van der Waals surface area contributed by atoms with Crippen molar-refractivity contribution in [3.8, 4) is 0 Å².